The molecule has 5 heteroatoms. The highest BCUT2D eigenvalue weighted by Crippen LogP contribution is 2.40. The van der Waals surface area contributed by atoms with Crippen molar-refractivity contribution in [1.29, 1.82) is 0 Å². The largest absolute Gasteiger partial charge is 0.456 e. The Kier molecular flexibility index (Phi) is 6.56. The lowest BCUT2D eigenvalue weighted by Gasteiger charge is -2.17. The van der Waals surface area contributed by atoms with E-state index >= 15 is 0 Å². The Morgan fingerprint density at radius 3 is 2.08 bits per heavy atom. The lowest BCUT2D eigenvalue weighted by Crippen LogP contribution is -2.05. The van der Waals surface area contributed by atoms with Gasteiger partial charge in [0.15, 0.2) is 17.5 Å². The molecule has 10 rings (SSSR count). The number of rotatable bonds is 5. The predicted molar refractivity (Wildman–Crippen MR) is 202 cm³/mol. The summed E-state index contributed by atoms with van der Waals surface area (Å²) in [4.78, 5) is 15.5. The van der Waals surface area contributed by atoms with Gasteiger partial charge in [0, 0.05) is 38.6 Å². The maximum Gasteiger partial charge on any atom is 0.167 e. The SMILES string of the molecule is C1=CC(c2nc(-c3cccc4c3oc3ccccc34)nc(-c3cccc4oc5cc(-c6ccccc6)ccc5c34)n2)=CC(c2ccccc2)C1. The van der Waals surface area contributed by atoms with Gasteiger partial charge in [0.25, 0.3) is 0 Å². The second-order valence-electron chi connectivity index (χ2n) is 12.7. The van der Waals surface area contributed by atoms with E-state index in [1.165, 1.54) is 5.56 Å². The summed E-state index contributed by atoms with van der Waals surface area (Å²) in [5.74, 6) is 1.97. The monoisotopic (exact) mass is 643 g/mol. The van der Waals surface area contributed by atoms with Crippen LogP contribution >= 0.6 is 0 Å². The quantitative estimate of drug-likeness (QED) is 0.187. The minimum atomic E-state index is 0.221. The van der Waals surface area contributed by atoms with Gasteiger partial charge in [-0.25, -0.2) is 15.0 Å². The number of para-hydroxylation sites is 2. The van der Waals surface area contributed by atoms with E-state index in [2.05, 4.69) is 109 Å². The lowest BCUT2D eigenvalue weighted by molar-refractivity contribution is 0.668. The smallest absolute Gasteiger partial charge is 0.167 e. The van der Waals surface area contributed by atoms with Crippen molar-refractivity contribution in [3.05, 3.63) is 169 Å². The number of hydrogen-bond acceptors (Lipinski definition) is 5. The van der Waals surface area contributed by atoms with E-state index in [1.54, 1.807) is 0 Å². The van der Waals surface area contributed by atoms with Crippen molar-refractivity contribution in [2.75, 3.05) is 0 Å². The second-order valence-corrected chi connectivity index (χ2v) is 12.7. The first kappa shape index (κ1) is 28.4. The Morgan fingerprint density at radius 1 is 0.500 bits per heavy atom. The van der Waals surface area contributed by atoms with Crippen molar-refractivity contribution in [2.24, 2.45) is 0 Å². The van der Waals surface area contributed by atoms with E-state index in [9.17, 15) is 0 Å². The molecule has 0 bridgehead atoms. The van der Waals surface area contributed by atoms with Gasteiger partial charge in [-0.05, 0) is 53.4 Å². The van der Waals surface area contributed by atoms with Crippen LogP contribution in [-0.4, -0.2) is 15.0 Å². The summed E-state index contributed by atoms with van der Waals surface area (Å²) in [6, 6.07) is 47.7. The average Bonchev–Trinajstić information content (AvgIpc) is 3.77. The van der Waals surface area contributed by atoms with E-state index in [0.717, 1.165) is 78.1 Å². The van der Waals surface area contributed by atoms with Gasteiger partial charge in [-0.2, -0.15) is 0 Å². The molecule has 9 aromatic rings. The van der Waals surface area contributed by atoms with Crippen LogP contribution in [0.4, 0.5) is 0 Å². The standard InChI is InChI=1S/C45H29N3O2/c1-3-12-28(13-4-1)30-16-9-17-32(26-30)43-46-44(48-45(47-43)37-21-10-19-34-33-18-7-8-22-38(33)50-42(34)37)36-20-11-23-39-41(36)35-25-24-31(27-40(35)49-39)29-14-5-2-6-15-29/h1-15,17-27,30H,16H2. The molecule has 0 N–H and O–H groups in total. The van der Waals surface area contributed by atoms with Gasteiger partial charge < -0.3 is 8.83 Å². The molecule has 0 spiro atoms. The topological polar surface area (TPSA) is 65.0 Å². The first-order chi connectivity index (χ1) is 24.8. The Balaban J connectivity index is 1.20. The maximum atomic E-state index is 6.48. The van der Waals surface area contributed by atoms with Gasteiger partial charge in [0.05, 0.1) is 5.56 Å². The average molecular weight is 644 g/mol. The number of aromatic nitrogens is 3. The van der Waals surface area contributed by atoms with E-state index in [1.807, 2.05) is 48.5 Å². The van der Waals surface area contributed by atoms with Crippen LogP contribution < -0.4 is 0 Å². The van der Waals surface area contributed by atoms with Crippen LogP contribution in [0.15, 0.2) is 167 Å². The fourth-order valence-electron chi connectivity index (χ4n) is 7.26. The molecule has 1 unspecified atom stereocenters. The third-order valence-corrected chi connectivity index (χ3v) is 9.68. The van der Waals surface area contributed by atoms with Crippen molar-refractivity contribution in [3.63, 3.8) is 0 Å². The highest BCUT2D eigenvalue weighted by atomic mass is 16.3. The minimum Gasteiger partial charge on any atom is -0.456 e. The van der Waals surface area contributed by atoms with Crippen molar-refractivity contribution in [3.8, 4) is 33.9 Å². The summed E-state index contributed by atoms with van der Waals surface area (Å²) in [6.07, 6.45) is 7.54. The van der Waals surface area contributed by atoms with Gasteiger partial charge in [0.2, 0.25) is 0 Å². The summed E-state index contributed by atoms with van der Waals surface area (Å²) in [6.45, 7) is 0. The molecule has 0 aliphatic heterocycles. The molecule has 1 aliphatic rings. The summed E-state index contributed by atoms with van der Waals surface area (Å²) in [5.41, 5.74) is 9.37. The Bertz CT molecular complexity index is 2790. The molecule has 0 saturated heterocycles. The highest BCUT2D eigenvalue weighted by Gasteiger charge is 2.22. The summed E-state index contributed by atoms with van der Waals surface area (Å²) < 4.78 is 12.9. The molecule has 5 nitrogen and oxygen atoms in total. The fourth-order valence-corrected chi connectivity index (χ4v) is 7.26. The van der Waals surface area contributed by atoms with Crippen LogP contribution in [0.2, 0.25) is 0 Å². The molecule has 0 fully saturated rings. The molecular formula is C45H29N3O2. The number of benzene rings is 6. The molecule has 1 aliphatic carbocycles. The Morgan fingerprint density at radius 2 is 1.20 bits per heavy atom. The van der Waals surface area contributed by atoms with Crippen molar-refractivity contribution in [2.45, 2.75) is 12.3 Å². The van der Waals surface area contributed by atoms with Crippen molar-refractivity contribution >= 4 is 49.5 Å². The highest BCUT2D eigenvalue weighted by molar-refractivity contribution is 6.13. The van der Waals surface area contributed by atoms with Gasteiger partial charge in [-0.1, -0.05) is 127 Å². The normalized spacial score (nSPS) is 14.6. The molecule has 3 heterocycles. The molecule has 236 valence electrons. The summed E-state index contributed by atoms with van der Waals surface area (Å²) in [5, 5.41) is 4.08. The van der Waals surface area contributed by atoms with Crippen LogP contribution in [0.1, 0.15) is 23.7 Å². The van der Waals surface area contributed by atoms with Crippen molar-refractivity contribution < 1.29 is 8.83 Å². The lowest BCUT2D eigenvalue weighted by atomic mass is 9.89. The number of fused-ring (bicyclic) bond motifs is 6. The fraction of sp³-hybridized carbons (Fsp3) is 0.0444. The molecule has 1 atom stereocenters. The molecule has 3 aromatic heterocycles. The minimum absolute atomic E-state index is 0.221. The van der Waals surface area contributed by atoms with E-state index < -0.39 is 0 Å². The molecular weight excluding hydrogens is 615 g/mol. The number of hydrogen-bond donors (Lipinski definition) is 0. The van der Waals surface area contributed by atoms with Crippen LogP contribution in [0.5, 0.6) is 0 Å². The zero-order chi connectivity index (χ0) is 33.0. The molecule has 0 amide bonds. The third kappa shape index (κ3) is 4.74. The van der Waals surface area contributed by atoms with Crippen LogP contribution in [0.25, 0.3) is 83.4 Å². The third-order valence-electron chi connectivity index (χ3n) is 9.68. The Labute approximate surface area is 287 Å². The van der Waals surface area contributed by atoms with Gasteiger partial charge in [-0.15, -0.1) is 0 Å². The van der Waals surface area contributed by atoms with Crippen LogP contribution in [0.3, 0.4) is 0 Å². The van der Waals surface area contributed by atoms with Gasteiger partial charge >= 0.3 is 0 Å². The Hall–Kier alpha value is -6.59. The van der Waals surface area contributed by atoms with E-state index in [-0.39, 0.29) is 5.92 Å². The van der Waals surface area contributed by atoms with E-state index in [0.29, 0.717) is 17.5 Å². The second kappa shape index (κ2) is 11.5. The van der Waals surface area contributed by atoms with Gasteiger partial charge in [-0.3, -0.25) is 0 Å². The summed E-state index contributed by atoms with van der Waals surface area (Å²) >= 11 is 0. The number of allylic oxidation sites excluding steroid dienone is 4. The molecule has 50 heavy (non-hydrogen) atoms. The summed E-state index contributed by atoms with van der Waals surface area (Å²) in [7, 11) is 0. The number of nitrogens with zero attached hydrogens (tertiary/aromatic N) is 3. The predicted octanol–water partition coefficient (Wildman–Crippen LogP) is 11.8. The van der Waals surface area contributed by atoms with Crippen molar-refractivity contribution in [1.82, 2.24) is 15.0 Å². The van der Waals surface area contributed by atoms with Gasteiger partial charge in [0.1, 0.15) is 22.3 Å². The molecule has 0 saturated carbocycles. The molecule has 6 aromatic carbocycles. The molecule has 0 radical (unpaired) electrons. The maximum absolute atomic E-state index is 6.48. The van der Waals surface area contributed by atoms with E-state index in [4.69, 9.17) is 23.8 Å². The first-order valence-electron chi connectivity index (χ1n) is 16.9. The zero-order valence-corrected chi connectivity index (χ0v) is 27.0. The van der Waals surface area contributed by atoms with Crippen LogP contribution in [0, 0.1) is 0 Å². The first-order valence-corrected chi connectivity index (χ1v) is 16.9. The zero-order valence-electron chi connectivity index (χ0n) is 27.0. The van der Waals surface area contributed by atoms with Crippen LogP contribution in [-0.2, 0) is 0 Å². The number of furan rings is 2.